The molecule has 2 rings (SSSR count). The number of amides is 1. The summed E-state index contributed by atoms with van der Waals surface area (Å²) in [5.74, 6) is 0.0974. The highest BCUT2D eigenvalue weighted by Gasteiger charge is 2.33. The van der Waals surface area contributed by atoms with Crippen molar-refractivity contribution in [2.75, 3.05) is 26.8 Å². The van der Waals surface area contributed by atoms with E-state index in [9.17, 15) is 4.79 Å². The van der Waals surface area contributed by atoms with E-state index >= 15 is 0 Å². The summed E-state index contributed by atoms with van der Waals surface area (Å²) in [6.07, 6.45) is 5.03. The Morgan fingerprint density at radius 3 is 2.35 bits per heavy atom. The second kappa shape index (κ2) is 7.38. The van der Waals surface area contributed by atoms with Crippen LogP contribution in [0.15, 0.2) is 0 Å². The van der Waals surface area contributed by atoms with Crippen molar-refractivity contribution in [3.8, 4) is 0 Å². The van der Waals surface area contributed by atoms with Crippen molar-refractivity contribution in [3.05, 3.63) is 0 Å². The summed E-state index contributed by atoms with van der Waals surface area (Å²) >= 11 is 0. The molecule has 5 nitrogen and oxygen atoms in total. The maximum atomic E-state index is 11.9. The Labute approximate surface area is 121 Å². The Hall–Kier alpha value is -0.650. The van der Waals surface area contributed by atoms with E-state index in [1.807, 2.05) is 18.7 Å². The number of likely N-dealkylation sites (tertiary alicyclic amines) is 1. The zero-order valence-corrected chi connectivity index (χ0v) is 12.8. The first kappa shape index (κ1) is 15.7. The predicted molar refractivity (Wildman–Crippen MR) is 75.6 cm³/mol. The normalized spacial score (nSPS) is 27.7. The van der Waals surface area contributed by atoms with Crippen LogP contribution in [0.1, 0.15) is 39.5 Å². The molecule has 1 aliphatic heterocycles. The van der Waals surface area contributed by atoms with Crippen LogP contribution >= 0.6 is 0 Å². The van der Waals surface area contributed by atoms with Crippen LogP contribution in [0, 0.1) is 0 Å². The van der Waals surface area contributed by atoms with Crippen LogP contribution in [0.3, 0.4) is 0 Å². The van der Waals surface area contributed by atoms with E-state index in [0.717, 1.165) is 38.8 Å². The Balaban J connectivity index is 1.61. The van der Waals surface area contributed by atoms with Crippen LogP contribution in [0.2, 0.25) is 0 Å². The summed E-state index contributed by atoms with van der Waals surface area (Å²) < 4.78 is 16.7. The Morgan fingerprint density at radius 1 is 1.15 bits per heavy atom. The number of hydrogen-bond donors (Lipinski definition) is 0. The average Bonchev–Trinajstić information content (AvgIpc) is 2.40. The van der Waals surface area contributed by atoms with E-state index in [-0.39, 0.29) is 18.6 Å². The van der Waals surface area contributed by atoms with E-state index in [1.165, 1.54) is 0 Å². The van der Waals surface area contributed by atoms with Crippen LogP contribution in [-0.4, -0.2) is 62.0 Å². The zero-order chi connectivity index (χ0) is 14.5. The molecule has 0 unspecified atom stereocenters. The fourth-order valence-corrected chi connectivity index (χ4v) is 2.66. The van der Waals surface area contributed by atoms with E-state index in [0.29, 0.717) is 18.3 Å². The highest BCUT2D eigenvalue weighted by Crippen LogP contribution is 2.29. The molecular formula is C15H27NO4. The minimum absolute atomic E-state index is 0.0974. The van der Waals surface area contributed by atoms with Gasteiger partial charge in [0.05, 0.1) is 24.4 Å². The molecule has 116 valence electrons. The Kier molecular flexibility index (Phi) is 5.81. The molecular weight excluding hydrogens is 258 g/mol. The second-order valence-electron chi connectivity index (χ2n) is 6.03. The molecule has 0 aromatic carbocycles. The Morgan fingerprint density at radius 2 is 1.80 bits per heavy atom. The standard InChI is InChI=1S/C15H27NO4/c1-11(2)19-10-15(17)16-6-4-12(5-7-16)20-14-8-13(9-14)18-3/h11-14H,4-10H2,1-3H3. The lowest BCUT2D eigenvalue weighted by Crippen LogP contribution is -2.45. The summed E-state index contributed by atoms with van der Waals surface area (Å²) in [6, 6.07) is 0. The second-order valence-corrected chi connectivity index (χ2v) is 6.03. The number of piperidine rings is 1. The topological polar surface area (TPSA) is 48.0 Å². The minimum Gasteiger partial charge on any atom is -0.381 e. The molecule has 0 radical (unpaired) electrons. The van der Waals surface area contributed by atoms with Gasteiger partial charge in [-0.2, -0.15) is 0 Å². The molecule has 0 N–H and O–H groups in total. The summed E-state index contributed by atoms with van der Waals surface area (Å²) in [7, 11) is 1.75. The van der Waals surface area contributed by atoms with Gasteiger partial charge in [-0.25, -0.2) is 0 Å². The average molecular weight is 285 g/mol. The molecule has 1 saturated heterocycles. The first-order valence-corrected chi connectivity index (χ1v) is 7.66. The lowest BCUT2D eigenvalue weighted by molar-refractivity contribution is -0.146. The van der Waals surface area contributed by atoms with Crippen molar-refractivity contribution in [2.24, 2.45) is 0 Å². The van der Waals surface area contributed by atoms with Crippen LogP contribution in [0.5, 0.6) is 0 Å². The molecule has 0 aromatic rings. The first-order valence-electron chi connectivity index (χ1n) is 7.66. The zero-order valence-electron chi connectivity index (χ0n) is 12.8. The van der Waals surface area contributed by atoms with Crippen LogP contribution in [-0.2, 0) is 19.0 Å². The molecule has 1 aliphatic carbocycles. The van der Waals surface area contributed by atoms with Crippen LogP contribution < -0.4 is 0 Å². The summed E-state index contributed by atoms with van der Waals surface area (Å²) in [5.41, 5.74) is 0. The van der Waals surface area contributed by atoms with Gasteiger partial charge in [-0.3, -0.25) is 4.79 Å². The van der Waals surface area contributed by atoms with E-state index in [1.54, 1.807) is 7.11 Å². The third kappa shape index (κ3) is 4.43. The van der Waals surface area contributed by atoms with Gasteiger partial charge in [0.15, 0.2) is 0 Å². The van der Waals surface area contributed by atoms with Gasteiger partial charge < -0.3 is 19.1 Å². The van der Waals surface area contributed by atoms with Crippen LogP contribution in [0.25, 0.3) is 0 Å². The third-order valence-corrected chi connectivity index (χ3v) is 4.10. The van der Waals surface area contributed by atoms with E-state index in [2.05, 4.69) is 0 Å². The molecule has 20 heavy (non-hydrogen) atoms. The number of carbonyl (C=O) groups excluding carboxylic acids is 1. The van der Waals surface area contributed by atoms with Crippen molar-refractivity contribution in [1.82, 2.24) is 4.90 Å². The van der Waals surface area contributed by atoms with Gasteiger partial charge >= 0.3 is 0 Å². The smallest absolute Gasteiger partial charge is 0.248 e. The number of hydrogen-bond acceptors (Lipinski definition) is 4. The summed E-state index contributed by atoms with van der Waals surface area (Å²) in [4.78, 5) is 13.8. The molecule has 2 fully saturated rings. The van der Waals surface area contributed by atoms with Gasteiger partial charge in [-0.1, -0.05) is 0 Å². The van der Waals surface area contributed by atoms with Crippen molar-refractivity contribution >= 4 is 5.91 Å². The third-order valence-electron chi connectivity index (χ3n) is 4.10. The number of ether oxygens (including phenoxy) is 3. The monoisotopic (exact) mass is 285 g/mol. The molecule has 5 heteroatoms. The van der Waals surface area contributed by atoms with Crippen molar-refractivity contribution in [2.45, 2.75) is 63.9 Å². The van der Waals surface area contributed by atoms with Gasteiger partial charge in [0.1, 0.15) is 6.61 Å². The molecule has 0 aromatic heterocycles. The number of rotatable bonds is 6. The van der Waals surface area contributed by atoms with Gasteiger partial charge in [-0.15, -0.1) is 0 Å². The highest BCUT2D eigenvalue weighted by molar-refractivity contribution is 5.77. The molecule has 0 spiro atoms. The molecule has 1 saturated carbocycles. The first-order chi connectivity index (χ1) is 9.58. The Bertz CT molecular complexity index is 307. The minimum atomic E-state index is 0.0974. The largest absolute Gasteiger partial charge is 0.381 e. The molecule has 0 bridgehead atoms. The van der Waals surface area contributed by atoms with Gasteiger partial charge in [0.25, 0.3) is 0 Å². The fraction of sp³-hybridized carbons (Fsp3) is 0.933. The van der Waals surface area contributed by atoms with Crippen molar-refractivity contribution in [3.63, 3.8) is 0 Å². The summed E-state index contributed by atoms with van der Waals surface area (Å²) in [6.45, 7) is 5.65. The van der Waals surface area contributed by atoms with E-state index in [4.69, 9.17) is 14.2 Å². The van der Waals surface area contributed by atoms with Gasteiger partial charge in [0.2, 0.25) is 5.91 Å². The van der Waals surface area contributed by atoms with Crippen LogP contribution in [0.4, 0.5) is 0 Å². The highest BCUT2D eigenvalue weighted by atomic mass is 16.5. The number of nitrogens with zero attached hydrogens (tertiary/aromatic N) is 1. The van der Waals surface area contributed by atoms with Crippen molar-refractivity contribution < 1.29 is 19.0 Å². The van der Waals surface area contributed by atoms with E-state index < -0.39 is 0 Å². The van der Waals surface area contributed by atoms with Gasteiger partial charge in [-0.05, 0) is 39.5 Å². The maximum Gasteiger partial charge on any atom is 0.248 e. The molecule has 0 atom stereocenters. The number of carbonyl (C=O) groups is 1. The number of methoxy groups -OCH3 is 1. The summed E-state index contributed by atoms with van der Waals surface area (Å²) in [5, 5.41) is 0. The van der Waals surface area contributed by atoms with Crippen molar-refractivity contribution in [1.29, 1.82) is 0 Å². The maximum absolute atomic E-state index is 11.9. The SMILES string of the molecule is COC1CC(OC2CCN(C(=O)COC(C)C)CC2)C1. The quantitative estimate of drug-likeness (QED) is 0.743. The lowest BCUT2D eigenvalue weighted by atomic mass is 9.91. The predicted octanol–water partition coefficient (Wildman–Crippen LogP) is 1.60. The fourth-order valence-electron chi connectivity index (χ4n) is 2.66. The molecule has 2 aliphatic rings. The molecule has 1 amide bonds. The lowest BCUT2D eigenvalue weighted by Gasteiger charge is -2.39. The van der Waals surface area contributed by atoms with Gasteiger partial charge in [0, 0.05) is 20.2 Å². The molecule has 1 heterocycles.